The van der Waals surface area contributed by atoms with E-state index in [2.05, 4.69) is 18.0 Å². The molecule has 0 bridgehead atoms. The fourth-order valence-electron chi connectivity index (χ4n) is 2.69. The van der Waals surface area contributed by atoms with Gasteiger partial charge in [0, 0.05) is 29.6 Å². The minimum absolute atomic E-state index is 0.0200. The van der Waals surface area contributed by atoms with E-state index in [9.17, 15) is 4.79 Å². The van der Waals surface area contributed by atoms with Crippen molar-refractivity contribution in [2.45, 2.75) is 32.2 Å². The average Bonchev–Trinajstić information content (AvgIpc) is 2.96. The van der Waals surface area contributed by atoms with Gasteiger partial charge in [-0.2, -0.15) is 0 Å². The van der Waals surface area contributed by atoms with Crippen LogP contribution in [0.5, 0.6) is 0 Å². The van der Waals surface area contributed by atoms with Crippen molar-refractivity contribution in [1.82, 2.24) is 9.88 Å². The highest BCUT2D eigenvalue weighted by Crippen LogP contribution is 2.28. The highest BCUT2D eigenvalue weighted by molar-refractivity contribution is 7.13. The van der Waals surface area contributed by atoms with E-state index in [0.29, 0.717) is 18.8 Å². The van der Waals surface area contributed by atoms with Crippen molar-refractivity contribution >= 4 is 17.2 Å². The number of carbonyl (C=O) groups excluding carboxylic acids is 1. The standard InChI is InChI=1S/C17H21N3OS/c1-12-5-3-4-6-13(12)15-19-14(11-22-15)16(21)20-9-7-17(2,18)8-10-20/h3-6,11H,7-10,18H2,1-2H3. The summed E-state index contributed by atoms with van der Waals surface area (Å²) in [6.07, 6.45) is 1.68. The van der Waals surface area contributed by atoms with Crippen molar-refractivity contribution in [3.8, 4) is 10.6 Å². The maximum atomic E-state index is 12.6. The number of amides is 1. The van der Waals surface area contributed by atoms with E-state index in [1.165, 1.54) is 16.9 Å². The fourth-order valence-corrected chi connectivity index (χ4v) is 3.57. The number of rotatable bonds is 2. The van der Waals surface area contributed by atoms with Crippen LogP contribution < -0.4 is 5.73 Å². The lowest BCUT2D eigenvalue weighted by Gasteiger charge is -2.36. The molecule has 2 N–H and O–H groups in total. The van der Waals surface area contributed by atoms with Crippen LogP contribution in [0.4, 0.5) is 0 Å². The molecule has 22 heavy (non-hydrogen) atoms. The van der Waals surface area contributed by atoms with Gasteiger partial charge in [0.05, 0.1) is 0 Å². The third-order valence-electron chi connectivity index (χ3n) is 4.29. The maximum Gasteiger partial charge on any atom is 0.273 e. The first-order valence-corrected chi connectivity index (χ1v) is 8.44. The molecule has 1 fully saturated rings. The topological polar surface area (TPSA) is 59.2 Å². The number of nitrogens with zero attached hydrogens (tertiary/aromatic N) is 2. The van der Waals surface area contributed by atoms with Gasteiger partial charge in [-0.25, -0.2) is 4.98 Å². The van der Waals surface area contributed by atoms with E-state index >= 15 is 0 Å². The van der Waals surface area contributed by atoms with E-state index in [1.807, 2.05) is 35.4 Å². The number of nitrogens with two attached hydrogens (primary N) is 1. The number of aryl methyl sites for hydroxylation is 1. The van der Waals surface area contributed by atoms with Crippen molar-refractivity contribution in [3.63, 3.8) is 0 Å². The third kappa shape index (κ3) is 3.05. The van der Waals surface area contributed by atoms with Gasteiger partial charge in [0.25, 0.3) is 5.91 Å². The van der Waals surface area contributed by atoms with Gasteiger partial charge in [-0.05, 0) is 32.3 Å². The molecule has 0 radical (unpaired) electrons. The molecule has 2 aromatic rings. The molecule has 5 heteroatoms. The molecule has 116 valence electrons. The molecule has 2 heterocycles. The number of piperidine rings is 1. The van der Waals surface area contributed by atoms with Gasteiger partial charge in [-0.15, -0.1) is 11.3 Å². The second-order valence-corrected chi connectivity index (χ2v) is 7.16. The number of aromatic nitrogens is 1. The van der Waals surface area contributed by atoms with Crippen LogP contribution in [0.1, 0.15) is 35.8 Å². The Morgan fingerprint density at radius 3 is 2.68 bits per heavy atom. The predicted octanol–water partition coefficient (Wildman–Crippen LogP) is 3.07. The molecule has 0 spiro atoms. The van der Waals surface area contributed by atoms with Crippen molar-refractivity contribution in [1.29, 1.82) is 0 Å². The first-order valence-electron chi connectivity index (χ1n) is 7.56. The van der Waals surface area contributed by atoms with Crippen LogP contribution in [0, 0.1) is 6.92 Å². The zero-order valence-electron chi connectivity index (χ0n) is 13.0. The molecule has 0 atom stereocenters. The summed E-state index contributed by atoms with van der Waals surface area (Å²) in [5, 5.41) is 2.77. The number of likely N-dealkylation sites (tertiary alicyclic amines) is 1. The van der Waals surface area contributed by atoms with Gasteiger partial charge in [0.2, 0.25) is 0 Å². The number of hydrogen-bond acceptors (Lipinski definition) is 4. The zero-order valence-corrected chi connectivity index (χ0v) is 13.8. The minimum atomic E-state index is -0.148. The van der Waals surface area contributed by atoms with Crippen molar-refractivity contribution < 1.29 is 4.79 Å². The largest absolute Gasteiger partial charge is 0.337 e. The van der Waals surface area contributed by atoms with E-state index in [4.69, 9.17) is 5.73 Å². The van der Waals surface area contributed by atoms with Crippen molar-refractivity contribution in [3.05, 3.63) is 40.9 Å². The second-order valence-electron chi connectivity index (χ2n) is 6.30. The molecule has 3 rings (SSSR count). The lowest BCUT2D eigenvalue weighted by molar-refractivity contribution is 0.0676. The van der Waals surface area contributed by atoms with Gasteiger partial charge in [0.15, 0.2) is 0 Å². The molecule has 1 amide bonds. The third-order valence-corrected chi connectivity index (χ3v) is 5.17. The van der Waals surface area contributed by atoms with Crippen LogP contribution in [-0.4, -0.2) is 34.4 Å². The number of hydrogen-bond donors (Lipinski definition) is 1. The van der Waals surface area contributed by atoms with Crippen LogP contribution in [-0.2, 0) is 0 Å². The quantitative estimate of drug-likeness (QED) is 0.926. The monoisotopic (exact) mass is 315 g/mol. The van der Waals surface area contributed by atoms with Crippen LogP contribution >= 0.6 is 11.3 Å². The Bertz CT molecular complexity index is 683. The van der Waals surface area contributed by atoms with Crippen LogP contribution in [0.2, 0.25) is 0 Å². The van der Waals surface area contributed by atoms with Gasteiger partial charge >= 0.3 is 0 Å². The Hall–Kier alpha value is -1.72. The molecule has 1 aliphatic heterocycles. The summed E-state index contributed by atoms with van der Waals surface area (Å²) in [6.45, 7) is 5.53. The predicted molar refractivity (Wildman–Crippen MR) is 90.0 cm³/mol. The van der Waals surface area contributed by atoms with E-state index in [1.54, 1.807) is 0 Å². The fraction of sp³-hybridized carbons (Fsp3) is 0.412. The summed E-state index contributed by atoms with van der Waals surface area (Å²) >= 11 is 1.53. The molecule has 0 aliphatic carbocycles. The number of carbonyl (C=O) groups is 1. The van der Waals surface area contributed by atoms with E-state index in [-0.39, 0.29) is 11.4 Å². The van der Waals surface area contributed by atoms with Crippen molar-refractivity contribution in [2.75, 3.05) is 13.1 Å². The van der Waals surface area contributed by atoms with Gasteiger partial charge in [-0.1, -0.05) is 24.3 Å². The molecule has 1 aliphatic rings. The van der Waals surface area contributed by atoms with Crippen molar-refractivity contribution in [2.24, 2.45) is 5.73 Å². The summed E-state index contributed by atoms with van der Waals surface area (Å²) in [4.78, 5) is 19.0. The minimum Gasteiger partial charge on any atom is -0.337 e. The molecule has 0 saturated carbocycles. The van der Waals surface area contributed by atoms with Crippen LogP contribution in [0.3, 0.4) is 0 Å². The Kier molecular flexibility index (Phi) is 4.02. The highest BCUT2D eigenvalue weighted by atomic mass is 32.1. The Morgan fingerprint density at radius 2 is 2.00 bits per heavy atom. The lowest BCUT2D eigenvalue weighted by Crippen LogP contribution is -2.49. The Labute approximate surface area is 135 Å². The molecule has 1 saturated heterocycles. The second kappa shape index (κ2) is 5.82. The highest BCUT2D eigenvalue weighted by Gasteiger charge is 2.29. The summed E-state index contributed by atoms with van der Waals surface area (Å²) in [7, 11) is 0. The maximum absolute atomic E-state index is 12.6. The Morgan fingerprint density at radius 1 is 1.32 bits per heavy atom. The summed E-state index contributed by atoms with van der Waals surface area (Å²) in [6, 6.07) is 8.11. The number of benzene rings is 1. The van der Waals surface area contributed by atoms with Gasteiger partial charge < -0.3 is 10.6 Å². The van der Waals surface area contributed by atoms with Crippen LogP contribution in [0.15, 0.2) is 29.6 Å². The first-order chi connectivity index (χ1) is 10.5. The van der Waals surface area contributed by atoms with E-state index in [0.717, 1.165) is 23.4 Å². The lowest BCUT2D eigenvalue weighted by atomic mass is 9.91. The summed E-state index contributed by atoms with van der Waals surface area (Å²) in [5.74, 6) is 0.0200. The smallest absolute Gasteiger partial charge is 0.273 e. The molecule has 1 aromatic carbocycles. The molecule has 4 nitrogen and oxygen atoms in total. The molecule has 1 aromatic heterocycles. The SMILES string of the molecule is Cc1ccccc1-c1nc(C(=O)N2CCC(C)(N)CC2)cs1. The molecular formula is C17H21N3OS. The number of thiazole rings is 1. The van der Waals surface area contributed by atoms with E-state index < -0.39 is 0 Å². The van der Waals surface area contributed by atoms with Crippen LogP contribution in [0.25, 0.3) is 10.6 Å². The van der Waals surface area contributed by atoms with Gasteiger partial charge in [0.1, 0.15) is 10.7 Å². The summed E-state index contributed by atoms with van der Waals surface area (Å²) < 4.78 is 0. The normalized spacial score (nSPS) is 17.5. The average molecular weight is 315 g/mol. The summed E-state index contributed by atoms with van der Waals surface area (Å²) in [5.41, 5.74) is 8.79. The zero-order chi connectivity index (χ0) is 15.7. The molecular weight excluding hydrogens is 294 g/mol. The Balaban J connectivity index is 1.77. The van der Waals surface area contributed by atoms with Gasteiger partial charge in [-0.3, -0.25) is 4.79 Å². The first kappa shape index (κ1) is 15.2. The molecule has 0 unspecified atom stereocenters.